The summed E-state index contributed by atoms with van der Waals surface area (Å²) < 4.78 is 10.1. The molecule has 0 radical (unpaired) electrons. The van der Waals surface area contributed by atoms with Crippen LogP contribution in [0.4, 0.5) is 10.8 Å². The van der Waals surface area contributed by atoms with Gasteiger partial charge in [0.1, 0.15) is 12.0 Å². The molecule has 0 spiro atoms. The van der Waals surface area contributed by atoms with E-state index in [0.29, 0.717) is 18.8 Å². The molecule has 1 aromatic rings. The van der Waals surface area contributed by atoms with E-state index in [1.807, 2.05) is 6.92 Å². The fraction of sp³-hybridized carbons (Fsp3) is 0.636. The summed E-state index contributed by atoms with van der Waals surface area (Å²) in [7, 11) is 0. The van der Waals surface area contributed by atoms with Crippen LogP contribution in [0.15, 0.2) is 10.7 Å². The van der Waals surface area contributed by atoms with E-state index in [2.05, 4.69) is 4.98 Å². The monoisotopic (exact) mass is 242 g/mol. The summed E-state index contributed by atoms with van der Waals surface area (Å²) in [5, 5.41) is 8.89. The number of hydrogen-bond acceptors (Lipinski definition) is 5. The van der Waals surface area contributed by atoms with E-state index in [9.17, 15) is 4.79 Å². The molecule has 0 aliphatic heterocycles. The number of ether oxygens (including phenoxy) is 1. The van der Waals surface area contributed by atoms with Gasteiger partial charge in [0, 0.05) is 6.54 Å². The number of aromatic nitrogens is 1. The maximum Gasteiger partial charge on any atom is 0.417 e. The number of carbonyl (C=O) groups is 1. The molecule has 1 heterocycles. The minimum atomic E-state index is -0.479. The maximum atomic E-state index is 11.7. The van der Waals surface area contributed by atoms with Crippen LogP contribution in [-0.4, -0.2) is 29.3 Å². The van der Waals surface area contributed by atoms with Gasteiger partial charge in [-0.15, -0.1) is 0 Å². The lowest BCUT2D eigenvalue weighted by Crippen LogP contribution is -2.32. The topological polar surface area (TPSA) is 75.8 Å². The molecule has 0 saturated carbocycles. The van der Waals surface area contributed by atoms with Crippen molar-refractivity contribution in [2.24, 2.45) is 0 Å². The van der Waals surface area contributed by atoms with Gasteiger partial charge in [0.2, 0.25) is 0 Å². The summed E-state index contributed by atoms with van der Waals surface area (Å²) >= 11 is 0. The molecule has 1 aromatic heterocycles. The molecular weight excluding hydrogens is 224 g/mol. The van der Waals surface area contributed by atoms with Crippen LogP contribution in [0.2, 0.25) is 0 Å². The number of rotatable bonds is 6. The summed E-state index contributed by atoms with van der Waals surface area (Å²) in [6.07, 6.45) is 2.62. The van der Waals surface area contributed by atoms with Gasteiger partial charge in [-0.2, -0.15) is 4.98 Å². The van der Waals surface area contributed by atoms with Gasteiger partial charge in [0.15, 0.2) is 0 Å². The van der Waals surface area contributed by atoms with E-state index in [0.717, 1.165) is 12.8 Å². The molecule has 0 unspecified atom stereocenters. The van der Waals surface area contributed by atoms with E-state index in [4.69, 9.17) is 14.3 Å². The van der Waals surface area contributed by atoms with Crippen LogP contribution in [0.25, 0.3) is 0 Å². The lowest BCUT2D eigenvalue weighted by Gasteiger charge is -2.17. The average molecular weight is 242 g/mol. The van der Waals surface area contributed by atoms with Gasteiger partial charge in [-0.1, -0.05) is 13.3 Å². The molecule has 0 aliphatic rings. The van der Waals surface area contributed by atoms with E-state index in [-0.39, 0.29) is 12.6 Å². The average Bonchev–Trinajstić information content (AvgIpc) is 2.78. The Morgan fingerprint density at radius 2 is 2.35 bits per heavy atom. The summed E-state index contributed by atoms with van der Waals surface area (Å²) in [5.74, 6) is 0. The van der Waals surface area contributed by atoms with Crippen molar-refractivity contribution in [3.63, 3.8) is 0 Å². The molecule has 1 amide bonds. The Morgan fingerprint density at radius 3 is 2.88 bits per heavy atom. The normalized spacial score (nSPS) is 10.3. The van der Waals surface area contributed by atoms with Gasteiger partial charge in [-0.25, -0.2) is 9.69 Å². The van der Waals surface area contributed by atoms with E-state index >= 15 is 0 Å². The Balaban J connectivity index is 2.77. The van der Waals surface area contributed by atoms with Crippen molar-refractivity contribution in [2.75, 3.05) is 18.1 Å². The van der Waals surface area contributed by atoms with Gasteiger partial charge in [0.25, 0.3) is 0 Å². The van der Waals surface area contributed by atoms with E-state index < -0.39 is 6.09 Å². The number of unbranched alkanes of at least 4 members (excludes halogenated alkanes) is 1. The summed E-state index contributed by atoms with van der Waals surface area (Å²) in [5.41, 5.74) is 0.394. The van der Waals surface area contributed by atoms with Crippen molar-refractivity contribution in [1.82, 2.24) is 4.98 Å². The number of amides is 1. The Hall–Kier alpha value is -1.56. The number of anilines is 1. The number of oxazole rings is 1. The molecule has 0 atom stereocenters. The molecule has 0 saturated heterocycles. The zero-order valence-electron chi connectivity index (χ0n) is 10.2. The molecule has 17 heavy (non-hydrogen) atoms. The van der Waals surface area contributed by atoms with Gasteiger partial charge < -0.3 is 14.3 Å². The number of aliphatic hydroxyl groups excluding tert-OH is 1. The van der Waals surface area contributed by atoms with Gasteiger partial charge in [0.05, 0.1) is 13.2 Å². The Bertz CT molecular complexity index is 351. The third-order valence-corrected chi connectivity index (χ3v) is 2.16. The van der Waals surface area contributed by atoms with Gasteiger partial charge in [-0.05, 0) is 13.3 Å². The highest BCUT2D eigenvalue weighted by atomic mass is 16.6. The second-order valence-electron chi connectivity index (χ2n) is 3.48. The van der Waals surface area contributed by atoms with Crippen molar-refractivity contribution in [3.8, 4) is 0 Å². The third kappa shape index (κ3) is 3.74. The second-order valence-corrected chi connectivity index (χ2v) is 3.48. The summed E-state index contributed by atoms with van der Waals surface area (Å²) in [6, 6.07) is 0.168. The summed E-state index contributed by atoms with van der Waals surface area (Å²) in [6.45, 7) is 4.34. The molecule has 0 aliphatic carbocycles. The Morgan fingerprint density at radius 1 is 1.59 bits per heavy atom. The first-order valence-electron chi connectivity index (χ1n) is 5.72. The smallest absolute Gasteiger partial charge is 0.417 e. The second kappa shape index (κ2) is 6.90. The Kier molecular flexibility index (Phi) is 5.48. The zero-order valence-corrected chi connectivity index (χ0v) is 10.2. The number of hydrogen-bond donors (Lipinski definition) is 1. The maximum absolute atomic E-state index is 11.7. The van der Waals surface area contributed by atoms with Crippen LogP contribution in [0.1, 0.15) is 32.4 Å². The summed E-state index contributed by atoms with van der Waals surface area (Å²) in [4.78, 5) is 17.0. The standard InChI is InChI=1S/C11H18N2O4/c1-3-5-6-13(11(15)16-4-2)10-12-9(7-14)8-17-10/h8,14H,3-7H2,1-2H3. The number of aliphatic hydroxyl groups is 1. The lowest BCUT2D eigenvalue weighted by atomic mass is 10.3. The van der Waals surface area contributed by atoms with Crippen LogP contribution in [0, 0.1) is 0 Å². The van der Waals surface area contributed by atoms with Gasteiger partial charge >= 0.3 is 12.1 Å². The van der Waals surface area contributed by atoms with Gasteiger partial charge in [-0.3, -0.25) is 0 Å². The van der Waals surface area contributed by atoms with Crippen LogP contribution in [-0.2, 0) is 11.3 Å². The third-order valence-electron chi connectivity index (χ3n) is 2.16. The predicted molar refractivity (Wildman–Crippen MR) is 61.7 cm³/mol. The molecule has 0 aromatic carbocycles. The SMILES string of the molecule is CCCCN(C(=O)OCC)c1nc(CO)co1. The van der Waals surface area contributed by atoms with E-state index in [1.54, 1.807) is 6.92 Å². The first-order valence-corrected chi connectivity index (χ1v) is 5.72. The molecule has 96 valence electrons. The highest BCUT2D eigenvalue weighted by Gasteiger charge is 2.21. The first kappa shape index (κ1) is 13.5. The van der Waals surface area contributed by atoms with Crippen molar-refractivity contribution >= 4 is 12.1 Å². The first-order chi connectivity index (χ1) is 8.22. The van der Waals surface area contributed by atoms with Crippen LogP contribution in [0.3, 0.4) is 0 Å². The van der Waals surface area contributed by atoms with E-state index in [1.165, 1.54) is 11.2 Å². The number of nitrogens with zero attached hydrogens (tertiary/aromatic N) is 2. The van der Waals surface area contributed by atoms with Crippen molar-refractivity contribution < 1.29 is 19.1 Å². The number of carbonyl (C=O) groups excluding carboxylic acids is 1. The van der Waals surface area contributed by atoms with Crippen LogP contribution in [0.5, 0.6) is 0 Å². The quantitative estimate of drug-likeness (QED) is 0.824. The lowest BCUT2D eigenvalue weighted by molar-refractivity contribution is 0.158. The molecule has 6 nitrogen and oxygen atoms in total. The minimum absolute atomic E-state index is 0.168. The molecule has 0 fully saturated rings. The van der Waals surface area contributed by atoms with Crippen molar-refractivity contribution in [3.05, 3.63) is 12.0 Å². The molecular formula is C11H18N2O4. The van der Waals surface area contributed by atoms with Crippen LogP contribution >= 0.6 is 0 Å². The zero-order chi connectivity index (χ0) is 12.7. The largest absolute Gasteiger partial charge is 0.449 e. The Labute approximate surface area is 100 Å². The van der Waals surface area contributed by atoms with Crippen molar-refractivity contribution in [1.29, 1.82) is 0 Å². The minimum Gasteiger partial charge on any atom is -0.449 e. The highest BCUT2D eigenvalue weighted by molar-refractivity contribution is 5.84. The predicted octanol–water partition coefficient (Wildman–Crippen LogP) is 1.93. The molecule has 6 heteroatoms. The molecule has 1 N–H and O–H groups in total. The fourth-order valence-corrected chi connectivity index (χ4v) is 1.28. The fourth-order valence-electron chi connectivity index (χ4n) is 1.28. The molecule has 0 bridgehead atoms. The highest BCUT2D eigenvalue weighted by Crippen LogP contribution is 2.15. The molecule has 1 rings (SSSR count). The van der Waals surface area contributed by atoms with Crippen LogP contribution < -0.4 is 4.90 Å². The van der Waals surface area contributed by atoms with Crippen molar-refractivity contribution in [2.45, 2.75) is 33.3 Å².